The van der Waals surface area contributed by atoms with Crippen LogP contribution in [-0.4, -0.2) is 42.0 Å². The van der Waals surface area contributed by atoms with E-state index in [0.717, 1.165) is 38.9 Å². The molecule has 0 bridgehead atoms. The van der Waals surface area contributed by atoms with Gasteiger partial charge in [-0.1, -0.05) is 27.2 Å². The Labute approximate surface area is 131 Å². The van der Waals surface area contributed by atoms with Crippen LogP contribution in [0, 0.1) is 0 Å². The van der Waals surface area contributed by atoms with Gasteiger partial charge in [0.1, 0.15) is 0 Å². The Morgan fingerprint density at radius 3 is 2.29 bits per heavy atom. The van der Waals surface area contributed by atoms with E-state index in [1.54, 1.807) is 0 Å². The smallest absolute Gasteiger partial charge is 0.237 e. The van der Waals surface area contributed by atoms with Crippen LogP contribution in [0.5, 0.6) is 0 Å². The summed E-state index contributed by atoms with van der Waals surface area (Å²) in [6.07, 6.45) is 6.46. The fraction of sp³-hybridized carbons (Fsp3) is 0.941. The lowest BCUT2D eigenvalue weighted by Crippen LogP contribution is -2.53. The number of amides is 1. The van der Waals surface area contributed by atoms with Crippen LogP contribution in [0.1, 0.15) is 73.1 Å². The second-order valence-corrected chi connectivity index (χ2v) is 6.37. The Balaban J connectivity index is 4.39. The first-order valence-corrected chi connectivity index (χ1v) is 8.70. The Morgan fingerprint density at radius 1 is 1.19 bits per heavy atom. The summed E-state index contributed by atoms with van der Waals surface area (Å²) in [6, 6.07) is 0.611. The summed E-state index contributed by atoms with van der Waals surface area (Å²) < 4.78 is 0. The molecule has 4 heteroatoms. The predicted molar refractivity (Wildman–Crippen MR) is 91.4 cm³/mol. The molecule has 21 heavy (non-hydrogen) atoms. The average molecular weight is 300 g/mol. The van der Waals surface area contributed by atoms with Gasteiger partial charge in [-0.25, -0.2) is 0 Å². The van der Waals surface area contributed by atoms with Gasteiger partial charge in [-0.2, -0.15) is 0 Å². The molecule has 0 saturated carbocycles. The molecule has 2 atom stereocenters. The molecule has 4 nitrogen and oxygen atoms in total. The molecular formula is C17H37N3O. The Bertz CT molecular complexity index is 283. The van der Waals surface area contributed by atoms with Crippen molar-refractivity contribution in [1.82, 2.24) is 10.2 Å². The maximum absolute atomic E-state index is 11.7. The number of rotatable bonds is 13. The van der Waals surface area contributed by atoms with E-state index in [0.29, 0.717) is 6.04 Å². The van der Waals surface area contributed by atoms with Crippen LogP contribution in [0.3, 0.4) is 0 Å². The highest BCUT2D eigenvalue weighted by atomic mass is 16.1. The average Bonchev–Trinajstić information content (AvgIpc) is 2.47. The SMILES string of the molecule is CCCCN(CCCC(C)(NCCC)C(N)=O)C(C)CC. The van der Waals surface area contributed by atoms with E-state index >= 15 is 0 Å². The molecule has 0 aromatic heterocycles. The van der Waals surface area contributed by atoms with Crippen molar-refractivity contribution in [3.63, 3.8) is 0 Å². The topological polar surface area (TPSA) is 58.4 Å². The Kier molecular flexibility index (Phi) is 10.7. The van der Waals surface area contributed by atoms with E-state index in [9.17, 15) is 4.79 Å². The van der Waals surface area contributed by atoms with Gasteiger partial charge in [-0.15, -0.1) is 0 Å². The fourth-order valence-electron chi connectivity index (χ4n) is 2.51. The maximum atomic E-state index is 11.7. The maximum Gasteiger partial charge on any atom is 0.237 e. The molecule has 0 radical (unpaired) electrons. The Hall–Kier alpha value is -0.610. The molecule has 0 rings (SSSR count). The minimum Gasteiger partial charge on any atom is -0.368 e. The van der Waals surface area contributed by atoms with Crippen LogP contribution < -0.4 is 11.1 Å². The van der Waals surface area contributed by atoms with Crippen LogP contribution >= 0.6 is 0 Å². The molecule has 0 fully saturated rings. The van der Waals surface area contributed by atoms with Crippen molar-refractivity contribution in [2.75, 3.05) is 19.6 Å². The largest absolute Gasteiger partial charge is 0.368 e. The van der Waals surface area contributed by atoms with Gasteiger partial charge >= 0.3 is 0 Å². The van der Waals surface area contributed by atoms with Crippen molar-refractivity contribution in [3.8, 4) is 0 Å². The lowest BCUT2D eigenvalue weighted by Gasteiger charge is -2.31. The van der Waals surface area contributed by atoms with Crippen LogP contribution in [0.4, 0.5) is 0 Å². The molecule has 0 aliphatic carbocycles. The molecule has 2 unspecified atom stereocenters. The minimum absolute atomic E-state index is 0.236. The molecule has 0 heterocycles. The first kappa shape index (κ1) is 20.4. The number of nitrogens with zero attached hydrogens (tertiary/aromatic N) is 1. The highest BCUT2D eigenvalue weighted by molar-refractivity contribution is 5.84. The van der Waals surface area contributed by atoms with Gasteiger partial charge in [0.15, 0.2) is 0 Å². The third-order valence-corrected chi connectivity index (χ3v) is 4.44. The standard InChI is InChI=1S/C17H37N3O/c1-6-9-13-20(15(4)8-3)14-10-11-17(5,16(18)21)19-12-7-2/h15,19H,6-14H2,1-5H3,(H2,18,21). The quantitative estimate of drug-likeness (QED) is 0.550. The van der Waals surface area contributed by atoms with Gasteiger partial charge < -0.3 is 16.0 Å². The second kappa shape index (κ2) is 11.0. The van der Waals surface area contributed by atoms with E-state index in [2.05, 4.69) is 37.9 Å². The van der Waals surface area contributed by atoms with E-state index in [4.69, 9.17) is 5.73 Å². The summed E-state index contributed by atoms with van der Waals surface area (Å²) in [5.74, 6) is -0.236. The molecule has 1 amide bonds. The van der Waals surface area contributed by atoms with Crippen molar-refractivity contribution < 1.29 is 4.79 Å². The van der Waals surface area contributed by atoms with Gasteiger partial charge in [0, 0.05) is 6.04 Å². The number of hydrogen-bond donors (Lipinski definition) is 2. The van der Waals surface area contributed by atoms with Crippen LogP contribution in [0.15, 0.2) is 0 Å². The van der Waals surface area contributed by atoms with Crippen LogP contribution in [-0.2, 0) is 4.79 Å². The van der Waals surface area contributed by atoms with Crippen molar-refractivity contribution in [1.29, 1.82) is 0 Å². The first-order chi connectivity index (χ1) is 9.91. The van der Waals surface area contributed by atoms with E-state index in [1.165, 1.54) is 19.3 Å². The number of primary amides is 1. The fourth-order valence-corrected chi connectivity index (χ4v) is 2.51. The summed E-state index contributed by atoms with van der Waals surface area (Å²) >= 11 is 0. The lowest BCUT2D eigenvalue weighted by molar-refractivity contribution is -0.124. The van der Waals surface area contributed by atoms with Gasteiger partial charge in [-0.05, 0) is 65.6 Å². The second-order valence-electron chi connectivity index (χ2n) is 6.37. The molecular weight excluding hydrogens is 262 g/mol. The van der Waals surface area contributed by atoms with E-state index in [1.807, 2.05) is 6.92 Å². The summed E-state index contributed by atoms with van der Waals surface area (Å²) in [5, 5.41) is 3.31. The van der Waals surface area contributed by atoms with Crippen molar-refractivity contribution in [2.45, 2.75) is 84.7 Å². The molecule has 0 aromatic carbocycles. The molecule has 0 aliphatic heterocycles. The molecule has 126 valence electrons. The summed E-state index contributed by atoms with van der Waals surface area (Å²) in [4.78, 5) is 14.3. The van der Waals surface area contributed by atoms with E-state index < -0.39 is 5.54 Å². The number of nitrogens with two attached hydrogens (primary N) is 1. The van der Waals surface area contributed by atoms with Crippen molar-refractivity contribution in [3.05, 3.63) is 0 Å². The van der Waals surface area contributed by atoms with Crippen molar-refractivity contribution >= 4 is 5.91 Å². The molecule has 0 saturated heterocycles. The first-order valence-electron chi connectivity index (χ1n) is 8.70. The zero-order valence-electron chi connectivity index (χ0n) is 14.9. The predicted octanol–water partition coefficient (Wildman–Crippen LogP) is 2.91. The zero-order chi connectivity index (χ0) is 16.3. The van der Waals surface area contributed by atoms with Crippen LogP contribution in [0.25, 0.3) is 0 Å². The summed E-state index contributed by atoms with van der Waals surface area (Å²) in [7, 11) is 0. The lowest BCUT2D eigenvalue weighted by atomic mass is 9.94. The van der Waals surface area contributed by atoms with Crippen molar-refractivity contribution in [2.24, 2.45) is 5.73 Å². The summed E-state index contributed by atoms with van der Waals surface area (Å²) in [6.45, 7) is 13.8. The number of carbonyl (C=O) groups excluding carboxylic acids is 1. The zero-order valence-corrected chi connectivity index (χ0v) is 14.9. The molecule has 0 aromatic rings. The summed E-state index contributed by atoms with van der Waals surface area (Å²) in [5.41, 5.74) is 5.01. The molecule has 0 aliphatic rings. The monoisotopic (exact) mass is 299 g/mol. The Morgan fingerprint density at radius 2 is 1.81 bits per heavy atom. The minimum atomic E-state index is -0.568. The number of carbonyl (C=O) groups is 1. The molecule has 3 N–H and O–H groups in total. The van der Waals surface area contributed by atoms with Gasteiger partial charge in [0.2, 0.25) is 5.91 Å². The number of nitrogens with one attached hydrogen (secondary N) is 1. The highest BCUT2D eigenvalue weighted by Crippen LogP contribution is 2.15. The number of unbranched alkanes of at least 4 members (excludes halogenated alkanes) is 1. The highest BCUT2D eigenvalue weighted by Gasteiger charge is 2.29. The van der Waals surface area contributed by atoms with E-state index in [-0.39, 0.29) is 5.91 Å². The van der Waals surface area contributed by atoms with Gasteiger partial charge in [0.25, 0.3) is 0 Å². The normalized spacial score (nSPS) is 15.9. The third-order valence-electron chi connectivity index (χ3n) is 4.44. The van der Waals surface area contributed by atoms with Crippen LogP contribution in [0.2, 0.25) is 0 Å². The van der Waals surface area contributed by atoms with Gasteiger partial charge in [0.05, 0.1) is 5.54 Å². The third kappa shape index (κ3) is 7.82. The number of hydrogen-bond acceptors (Lipinski definition) is 3. The van der Waals surface area contributed by atoms with Gasteiger partial charge in [-0.3, -0.25) is 4.79 Å². The molecule has 0 spiro atoms.